The summed E-state index contributed by atoms with van der Waals surface area (Å²) in [5.74, 6) is -0.0785. The van der Waals surface area contributed by atoms with Crippen LogP contribution in [0, 0.1) is 0 Å². The summed E-state index contributed by atoms with van der Waals surface area (Å²) in [5, 5.41) is 18.3. The second-order valence-electron chi connectivity index (χ2n) is 6.25. The molecule has 5 nitrogen and oxygen atoms in total. The van der Waals surface area contributed by atoms with Crippen molar-refractivity contribution in [3.05, 3.63) is 29.6 Å². The van der Waals surface area contributed by atoms with Gasteiger partial charge in [0.25, 0.3) is 0 Å². The Labute approximate surface area is 124 Å². The van der Waals surface area contributed by atoms with Crippen LogP contribution in [0.3, 0.4) is 0 Å². The molecule has 1 aromatic carbocycles. The fraction of sp³-hybridized carbons (Fsp3) is 0.500. The summed E-state index contributed by atoms with van der Waals surface area (Å²) in [5.41, 5.74) is 1.45. The number of hydrogen-bond donors (Lipinski definition) is 2. The van der Waals surface area contributed by atoms with Gasteiger partial charge in [-0.3, -0.25) is 0 Å². The maximum atomic E-state index is 11.4. The second kappa shape index (κ2) is 5.85. The molecule has 0 atom stereocenters. The fourth-order valence-electron chi connectivity index (χ4n) is 2.50. The molecule has 0 aliphatic rings. The summed E-state index contributed by atoms with van der Waals surface area (Å²) in [6.45, 7) is 7.09. The third kappa shape index (κ3) is 3.08. The third-order valence-corrected chi connectivity index (χ3v) is 3.47. The molecule has 0 aliphatic heterocycles. The highest BCUT2D eigenvalue weighted by molar-refractivity contribution is 6.01. The van der Waals surface area contributed by atoms with Crippen LogP contribution < -0.4 is 0 Å². The maximum absolute atomic E-state index is 11.4. The standard InChI is InChI=1S/C16H22N2O3/c1-16(2,3)15-17-13-11(14(20)21)7-6-8-12(13)18(15)9-4-5-10-19/h6-8,19H,4-5,9-10H2,1-3H3,(H,20,21). The molecule has 0 radical (unpaired) electrons. The van der Waals surface area contributed by atoms with Crippen molar-refractivity contribution >= 4 is 17.0 Å². The smallest absolute Gasteiger partial charge is 0.337 e. The average molecular weight is 290 g/mol. The van der Waals surface area contributed by atoms with Gasteiger partial charge in [-0.25, -0.2) is 9.78 Å². The van der Waals surface area contributed by atoms with Crippen LogP contribution in [0.15, 0.2) is 18.2 Å². The van der Waals surface area contributed by atoms with Crippen molar-refractivity contribution in [1.29, 1.82) is 0 Å². The van der Waals surface area contributed by atoms with E-state index in [0.29, 0.717) is 5.52 Å². The Morgan fingerprint density at radius 3 is 2.57 bits per heavy atom. The van der Waals surface area contributed by atoms with Crippen LogP contribution in [0.1, 0.15) is 49.8 Å². The second-order valence-corrected chi connectivity index (χ2v) is 6.25. The fourth-order valence-corrected chi connectivity index (χ4v) is 2.50. The molecule has 2 aromatic rings. The maximum Gasteiger partial charge on any atom is 0.337 e. The number of aromatic carboxylic acids is 1. The number of carboxylic acid groups (broad SMARTS) is 1. The first-order chi connectivity index (χ1) is 9.86. The summed E-state index contributed by atoms with van der Waals surface area (Å²) >= 11 is 0. The number of imidazole rings is 1. The number of unbranched alkanes of at least 4 members (excludes halogenated alkanes) is 1. The van der Waals surface area contributed by atoms with E-state index in [2.05, 4.69) is 30.3 Å². The van der Waals surface area contributed by atoms with Crippen molar-refractivity contribution in [1.82, 2.24) is 9.55 Å². The van der Waals surface area contributed by atoms with Crippen molar-refractivity contribution in [2.24, 2.45) is 0 Å². The minimum Gasteiger partial charge on any atom is -0.478 e. The van der Waals surface area contributed by atoms with Gasteiger partial charge < -0.3 is 14.8 Å². The molecule has 0 saturated carbocycles. The van der Waals surface area contributed by atoms with E-state index in [0.717, 1.165) is 30.7 Å². The van der Waals surface area contributed by atoms with Gasteiger partial charge in [0.05, 0.1) is 11.1 Å². The van der Waals surface area contributed by atoms with Crippen LogP contribution in [0.4, 0.5) is 0 Å². The monoisotopic (exact) mass is 290 g/mol. The van der Waals surface area contributed by atoms with E-state index in [4.69, 9.17) is 5.11 Å². The first-order valence-electron chi connectivity index (χ1n) is 7.20. The lowest BCUT2D eigenvalue weighted by Crippen LogP contribution is -2.19. The van der Waals surface area contributed by atoms with Crippen LogP contribution in [-0.2, 0) is 12.0 Å². The van der Waals surface area contributed by atoms with E-state index in [1.165, 1.54) is 0 Å². The molecule has 0 fully saturated rings. The Balaban J connectivity index is 2.61. The van der Waals surface area contributed by atoms with Gasteiger partial charge in [-0.1, -0.05) is 26.8 Å². The highest BCUT2D eigenvalue weighted by Gasteiger charge is 2.24. The van der Waals surface area contributed by atoms with Gasteiger partial charge in [-0.05, 0) is 25.0 Å². The van der Waals surface area contributed by atoms with Crippen LogP contribution in [-0.4, -0.2) is 32.3 Å². The van der Waals surface area contributed by atoms with Crippen molar-refractivity contribution < 1.29 is 15.0 Å². The molecule has 2 N–H and O–H groups in total. The zero-order valence-electron chi connectivity index (χ0n) is 12.8. The number of benzene rings is 1. The highest BCUT2D eigenvalue weighted by Crippen LogP contribution is 2.28. The molecule has 1 aromatic heterocycles. The number of para-hydroxylation sites is 1. The average Bonchev–Trinajstić information content (AvgIpc) is 2.77. The lowest BCUT2D eigenvalue weighted by molar-refractivity contribution is 0.0699. The zero-order valence-corrected chi connectivity index (χ0v) is 12.8. The first-order valence-corrected chi connectivity index (χ1v) is 7.20. The van der Waals surface area contributed by atoms with Crippen LogP contribution in [0.5, 0.6) is 0 Å². The summed E-state index contributed by atoms with van der Waals surface area (Å²) in [6.07, 6.45) is 1.56. The summed E-state index contributed by atoms with van der Waals surface area (Å²) in [4.78, 5) is 16.0. The summed E-state index contributed by atoms with van der Waals surface area (Å²) in [6, 6.07) is 5.24. The molecule has 1 heterocycles. The number of rotatable bonds is 5. The number of carbonyl (C=O) groups is 1. The molecule has 2 rings (SSSR count). The Kier molecular flexibility index (Phi) is 4.32. The van der Waals surface area contributed by atoms with Gasteiger partial charge in [0, 0.05) is 18.6 Å². The quantitative estimate of drug-likeness (QED) is 0.830. The number of aryl methyl sites for hydroxylation is 1. The predicted molar refractivity (Wildman–Crippen MR) is 81.7 cm³/mol. The number of fused-ring (bicyclic) bond motifs is 1. The zero-order chi connectivity index (χ0) is 15.6. The minimum absolute atomic E-state index is 0.165. The van der Waals surface area contributed by atoms with Crippen molar-refractivity contribution in [2.45, 2.75) is 45.6 Å². The van der Waals surface area contributed by atoms with E-state index in [1.807, 2.05) is 6.07 Å². The lowest BCUT2D eigenvalue weighted by atomic mass is 9.95. The Morgan fingerprint density at radius 1 is 1.29 bits per heavy atom. The largest absolute Gasteiger partial charge is 0.478 e. The predicted octanol–water partition coefficient (Wildman–Crippen LogP) is 2.80. The molecule has 5 heteroatoms. The van der Waals surface area contributed by atoms with Crippen molar-refractivity contribution in [3.63, 3.8) is 0 Å². The number of carboxylic acids is 1. The molecular weight excluding hydrogens is 268 g/mol. The Bertz CT molecular complexity index is 653. The number of aromatic nitrogens is 2. The highest BCUT2D eigenvalue weighted by atomic mass is 16.4. The Morgan fingerprint density at radius 2 is 2.00 bits per heavy atom. The molecule has 21 heavy (non-hydrogen) atoms. The molecule has 0 bridgehead atoms. The molecular formula is C16H22N2O3. The van der Waals surface area contributed by atoms with Gasteiger partial charge in [0.1, 0.15) is 11.3 Å². The molecule has 0 spiro atoms. The third-order valence-electron chi connectivity index (χ3n) is 3.47. The van der Waals surface area contributed by atoms with Crippen LogP contribution in [0.25, 0.3) is 11.0 Å². The van der Waals surface area contributed by atoms with E-state index in [9.17, 15) is 9.90 Å². The van der Waals surface area contributed by atoms with E-state index >= 15 is 0 Å². The molecule has 0 aliphatic carbocycles. The van der Waals surface area contributed by atoms with E-state index in [1.54, 1.807) is 12.1 Å². The Hall–Kier alpha value is -1.88. The summed E-state index contributed by atoms with van der Waals surface area (Å²) < 4.78 is 2.08. The normalized spacial score (nSPS) is 12.0. The number of aliphatic hydroxyl groups excluding tert-OH is 1. The lowest BCUT2D eigenvalue weighted by Gasteiger charge is -2.20. The topological polar surface area (TPSA) is 75.3 Å². The van der Waals surface area contributed by atoms with Gasteiger partial charge >= 0.3 is 5.97 Å². The van der Waals surface area contributed by atoms with Crippen molar-refractivity contribution in [3.8, 4) is 0 Å². The van der Waals surface area contributed by atoms with Crippen LogP contribution >= 0.6 is 0 Å². The van der Waals surface area contributed by atoms with Gasteiger partial charge in [-0.15, -0.1) is 0 Å². The molecule has 0 unspecified atom stereocenters. The molecule has 114 valence electrons. The van der Waals surface area contributed by atoms with E-state index in [-0.39, 0.29) is 17.6 Å². The van der Waals surface area contributed by atoms with Crippen molar-refractivity contribution in [2.75, 3.05) is 6.61 Å². The number of hydrogen-bond acceptors (Lipinski definition) is 3. The molecule has 0 saturated heterocycles. The summed E-state index contributed by atoms with van der Waals surface area (Å²) in [7, 11) is 0. The minimum atomic E-state index is -0.957. The van der Waals surface area contributed by atoms with E-state index < -0.39 is 5.97 Å². The van der Waals surface area contributed by atoms with Gasteiger partial charge in [0.2, 0.25) is 0 Å². The SMILES string of the molecule is CC(C)(C)c1nc2c(C(=O)O)cccc2n1CCCCO. The number of aliphatic hydroxyl groups is 1. The van der Waals surface area contributed by atoms with Gasteiger partial charge in [0.15, 0.2) is 0 Å². The molecule has 0 amide bonds. The number of nitrogens with zero attached hydrogens (tertiary/aromatic N) is 2. The van der Waals surface area contributed by atoms with Crippen LogP contribution in [0.2, 0.25) is 0 Å². The first kappa shape index (κ1) is 15.5. The van der Waals surface area contributed by atoms with Gasteiger partial charge in [-0.2, -0.15) is 0 Å².